The van der Waals surface area contributed by atoms with Crippen molar-refractivity contribution in [3.8, 4) is 0 Å². The first-order chi connectivity index (χ1) is 9.49. The molecule has 2 aromatic rings. The standard InChI is InChI=1S/C14H13F3N2O/c1-19-8-2-3-9(19)4-7-12(20)18-11-6-5-10(15)13(16)14(11)17/h2-3,5-6,8H,4,7H2,1H3,(H,18,20). The fraction of sp³-hybridized carbons (Fsp3) is 0.214. The molecule has 0 bridgehead atoms. The van der Waals surface area contributed by atoms with Crippen LogP contribution < -0.4 is 5.32 Å². The maximum atomic E-state index is 13.4. The van der Waals surface area contributed by atoms with Crippen molar-refractivity contribution < 1.29 is 18.0 Å². The minimum Gasteiger partial charge on any atom is -0.354 e. The largest absolute Gasteiger partial charge is 0.354 e. The van der Waals surface area contributed by atoms with Gasteiger partial charge in [-0.15, -0.1) is 0 Å². The number of aryl methyl sites for hydroxylation is 2. The van der Waals surface area contributed by atoms with E-state index < -0.39 is 23.4 Å². The molecule has 0 unspecified atom stereocenters. The van der Waals surface area contributed by atoms with Gasteiger partial charge in [-0.1, -0.05) is 0 Å². The molecule has 3 nitrogen and oxygen atoms in total. The maximum absolute atomic E-state index is 13.4. The van der Waals surface area contributed by atoms with E-state index in [2.05, 4.69) is 5.32 Å². The van der Waals surface area contributed by atoms with Gasteiger partial charge >= 0.3 is 0 Å². The molecule has 0 spiro atoms. The van der Waals surface area contributed by atoms with Gasteiger partial charge in [0.15, 0.2) is 17.5 Å². The molecule has 0 saturated heterocycles. The van der Waals surface area contributed by atoms with Crippen LogP contribution in [-0.4, -0.2) is 10.5 Å². The summed E-state index contributed by atoms with van der Waals surface area (Å²) >= 11 is 0. The second kappa shape index (κ2) is 5.81. The Kier molecular flexibility index (Phi) is 4.12. The topological polar surface area (TPSA) is 34.0 Å². The summed E-state index contributed by atoms with van der Waals surface area (Å²) in [5.41, 5.74) is 0.590. The first-order valence-electron chi connectivity index (χ1n) is 6.02. The number of anilines is 1. The van der Waals surface area contributed by atoms with Gasteiger partial charge in [-0.2, -0.15) is 0 Å². The van der Waals surface area contributed by atoms with E-state index in [4.69, 9.17) is 0 Å². The predicted molar refractivity (Wildman–Crippen MR) is 68.7 cm³/mol. The van der Waals surface area contributed by atoms with Gasteiger partial charge < -0.3 is 9.88 Å². The average Bonchev–Trinajstić information content (AvgIpc) is 2.83. The lowest BCUT2D eigenvalue weighted by atomic mass is 10.2. The molecule has 106 valence electrons. The quantitative estimate of drug-likeness (QED) is 0.859. The third-order valence-electron chi connectivity index (χ3n) is 2.97. The van der Waals surface area contributed by atoms with Gasteiger partial charge in [-0.25, -0.2) is 13.2 Å². The Morgan fingerprint density at radius 3 is 2.60 bits per heavy atom. The molecule has 0 aliphatic heterocycles. The Bertz CT molecular complexity index is 637. The highest BCUT2D eigenvalue weighted by atomic mass is 19.2. The molecule has 6 heteroatoms. The molecule has 0 saturated carbocycles. The lowest BCUT2D eigenvalue weighted by Crippen LogP contribution is -2.15. The van der Waals surface area contributed by atoms with Crippen molar-refractivity contribution in [1.29, 1.82) is 0 Å². The zero-order valence-corrected chi connectivity index (χ0v) is 10.8. The minimum absolute atomic E-state index is 0.121. The zero-order chi connectivity index (χ0) is 14.7. The van der Waals surface area contributed by atoms with Gasteiger partial charge in [0.25, 0.3) is 0 Å². The molecule has 1 aromatic carbocycles. The molecule has 2 rings (SSSR count). The molecule has 0 atom stereocenters. The summed E-state index contributed by atoms with van der Waals surface area (Å²) in [7, 11) is 1.85. The highest BCUT2D eigenvalue weighted by Gasteiger charge is 2.15. The molecule has 1 amide bonds. The van der Waals surface area contributed by atoms with E-state index in [-0.39, 0.29) is 12.1 Å². The van der Waals surface area contributed by atoms with Gasteiger partial charge in [0, 0.05) is 25.4 Å². The van der Waals surface area contributed by atoms with Crippen molar-refractivity contribution in [2.24, 2.45) is 7.05 Å². The number of aromatic nitrogens is 1. The lowest BCUT2D eigenvalue weighted by Gasteiger charge is -2.07. The summed E-state index contributed by atoms with van der Waals surface area (Å²) in [6.45, 7) is 0. The molecular weight excluding hydrogens is 269 g/mol. The Labute approximate surface area is 114 Å². The van der Waals surface area contributed by atoms with E-state index >= 15 is 0 Å². The van der Waals surface area contributed by atoms with E-state index in [0.717, 1.165) is 17.8 Å². The Hall–Kier alpha value is -2.24. The average molecular weight is 282 g/mol. The van der Waals surface area contributed by atoms with Gasteiger partial charge in [-0.3, -0.25) is 4.79 Å². The highest BCUT2D eigenvalue weighted by molar-refractivity contribution is 5.90. The van der Waals surface area contributed by atoms with E-state index in [9.17, 15) is 18.0 Å². The normalized spacial score (nSPS) is 10.6. The number of carbonyl (C=O) groups is 1. The molecule has 1 aromatic heterocycles. The molecular formula is C14H13F3N2O. The number of nitrogens with zero attached hydrogens (tertiary/aromatic N) is 1. The summed E-state index contributed by atoms with van der Waals surface area (Å²) in [6, 6.07) is 5.48. The highest BCUT2D eigenvalue weighted by Crippen LogP contribution is 2.19. The monoisotopic (exact) mass is 282 g/mol. The molecule has 20 heavy (non-hydrogen) atoms. The van der Waals surface area contributed by atoms with Gasteiger partial charge in [0.2, 0.25) is 5.91 Å². The van der Waals surface area contributed by atoms with Crippen LogP contribution in [0.3, 0.4) is 0 Å². The summed E-state index contributed by atoms with van der Waals surface area (Å²) in [5.74, 6) is -4.73. The van der Waals surface area contributed by atoms with Gasteiger partial charge in [0.1, 0.15) is 0 Å². The number of hydrogen-bond donors (Lipinski definition) is 1. The van der Waals surface area contributed by atoms with Crippen LogP contribution in [-0.2, 0) is 18.3 Å². The molecule has 1 heterocycles. The van der Waals surface area contributed by atoms with Crippen molar-refractivity contribution in [3.63, 3.8) is 0 Å². The molecule has 0 aliphatic rings. The summed E-state index contributed by atoms with van der Waals surface area (Å²) < 4.78 is 41.0. The van der Waals surface area contributed by atoms with Crippen molar-refractivity contribution in [3.05, 3.63) is 53.6 Å². The minimum atomic E-state index is -1.59. The summed E-state index contributed by atoms with van der Waals surface area (Å²) in [5, 5.41) is 2.23. The molecule has 0 fully saturated rings. The van der Waals surface area contributed by atoms with Gasteiger partial charge in [0.05, 0.1) is 5.69 Å². The van der Waals surface area contributed by atoms with Crippen molar-refractivity contribution >= 4 is 11.6 Å². The molecule has 1 N–H and O–H groups in total. The van der Waals surface area contributed by atoms with E-state index in [1.807, 2.05) is 29.9 Å². The van der Waals surface area contributed by atoms with Crippen LogP contribution in [0.15, 0.2) is 30.5 Å². The number of nitrogens with one attached hydrogen (secondary N) is 1. The maximum Gasteiger partial charge on any atom is 0.224 e. The Morgan fingerprint density at radius 2 is 1.95 bits per heavy atom. The van der Waals surface area contributed by atoms with Crippen LogP contribution in [0, 0.1) is 17.5 Å². The van der Waals surface area contributed by atoms with Crippen LogP contribution in [0.5, 0.6) is 0 Å². The van der Waals surface area contributed by atoms with Crippen molar-refractivity contribution in [2.75, 3.05) is 5.32 Å². The first-order valence-corrected chi connectivity index (χ1v) is 6.02. The second-order valence-corrected chi connectivity index (χ2v) is 4.38. The van der Waals surface area contributed by atoms with Crippen LogP contribution in [0.4, 0.5) is 18.9 Å². The van der Waals surface area contributed by atoms with Crippen LogP contribution in [0.2, 0.25) is 0 Å². The summed E-state index contributed by atoms with van der Waals surface area (Å²) in [6.07, 6.45) is 2.44. The summed E-state index contributed by atoms with van der Waals surface area (Å²) in [4.78, 5) is 11.7. The SMILES string of the molecule is Cn1cccc1CCC(=O)Nc1ccc(F)c(F)c1F. The van der Waals surface area contributed by atoms with E-state index in [1.165, 1.54) is 0 Å². The van der Waals surface area contributed by atoms with E-state index in [0.29, 0.717) is 6.42 Å². The molecule has 0 aliphatic carbocycles. The third-order valence-corrected chi connectivity index (χ3v) is 2.97. The van der Waals surface area contributed by atoms with Crippen LogP contribution in [0.25, 0.3) is 0 Å². The second-order valence-electron chi connectivity index (χ2n) is 4.38. The Balaban J connectivity index is 1.98. The first kappa shape index (κ1) is 14.2. The van der Waals surface area contributed by atoms with Crippen LogP contribution in [0.1, 0.15) is 12.1 Å². The Morgan fingerprint density at radius 1 is 1.20 bits per heavy atom. The zero-order valence-electron chi connectivity index (χ0n) is 10.8. The smallest absolute Gasteiger partial charge is 0.224 e. The number of benzene rings is 1. The predicted octanol–water partition coefficient (Wildman–Crippen LogP) is 3.01. The van der Waals surface area contributed by atoms with Crippen molar-refractivity contribution in [2.45, 2.75) is 12.8 Å². The number of carbonyl (C=O) groups excluding carboxylic acids is 1. The number of halogens is 3. The van der Waals surface area contributed by atoms with Crippen LogP contribution >= 0.6 is 0 Å². The lowest BCUT2D eigenvalue weighted by molar-refractivity contribution is -0.116. The van der Waals surface area contributed by atoms with E-state index in [1.54, 1.807) is 0 Å². The van der Waals surface area contributed by atoms with Gasteiger partial charge in [-0.05, 0) is 30.7 Å². The molecule has 0 radical (unpaired) electrons. The number of rotatable bonds is 4. The fourth-order valence-electron chi connectivity index (χ4n) is 1.83. The fourth-order valence-corrected chi connectivity index (χ4v) is 1.83. The third kappa shape index (κ3) is 3.01. The number of amides is 1. The number of hydrogen-bond acceptors (Lipinski definition) is 1. The van der Waals surface area contributed by atoms with Crippen molar-refractivity contribution in [1.82, 2.24) is 4.57 Å².